The van der Waals surface area contributed by atoms with Crippen molar-refractivity contribution in [2.75, 3.05) is 5.75 Å². The highest BCUT2D eigenvalue weighted by Gasteiger charge is 2.26. The van der Waals surface area contributed by atoms with Crippen molar-refractivity contribution in [2.45, 2.75) is 41.7 Å². The number of amides is 1. The monoisotopic (exact) mass is 455 g/mol. The molecule has 1 amide bonds. The van der Waals surface area contributed by atoms with E-state index >= 15 is 0 Å². The first-order valence-electron chi connectivity index (χ1n) is 9.98. The van der Waals surface area contributed by atoms with E-state index in [1.807, 2.05) is 30.3 Å². The summed E-state index contributed by atoms with van der Waals surface area (Å²) in [6.45, 7) is 2.82. The predicted octanol–water partition coefficient (Wildman–Crippen LogP) is 3.88. The summed E-state index contributed by atoms with van der Waals surface area (Å²) in [6.07, 6.45) is 0.756. The summed E-state index contributed by atoms with van der Waals surface area (Å²) < 4.78 is 14.7. The lowest BCUT2D eigenvalue weighted by Gasteiger charge is -2.14. The summed E-state index contributed by atoms with van der Waals surface area (Å²) in [5.41, 5.74) is 2.60. The third-order valence-corrected chi connectivity index (χ3v) is 7.07. The lowest BCUT2D eigenvalue weighted by molar-refractivity contribution is -0.118. The Morgan fingerprint density at radius 3 is 2.68 bits per heavy atom. The summed E-state index contributed by atoms with van der Waals surface area (Å²) >= 11 is 2.84. The van der Waals surface area contributed by atoms with Crippen LogP contribution in [0.2, 0.25) is 0 Å². The van der Waals surface area contributed by atoms with Crippen LogP contribution in [0.15, 0.2) is 69.4 Å². The summed E-state index contributed by atoms with van der Waals surface area (Å²) in [7, 11) is 0. The topological polar surface area (TPSA) is 64.0 Å². The highest BCUT2D eigenvalue weighted by molar-refractivity contribution is 8.00. The van der Waals surface area contributed by atoms with E-state index in [0.29, 0.717) is 28.4 Å². The van der Waals surface area contributed by atoms with Gasteiger partial charge in [0.2, 0.25) is 5.91 Å². The van der Waals surface area contributed by atoms with Gasteiger partial charge in [0, 0.05) is 18.2 Å². The minimum Gasteiger partial charge on any atom is -0.351 e. The first-order chi connectivity index (χ1) is 15.0. The Kier molecular flexibility index (Phi) is 6.77. The molecule has 0 fully saturated rings. The molecule has 31 heavy (non-hydrogen) atoms. The molecule has 2 aromatic carbocycles. The standard InChI is InChI=1S/C23H22FN3O2S2/c1-15-11-19-21(31-15)22(29)27(13-17-5-3-2-4-6-17)23(26-19)30-14-20(28)25-12-16-7-9-18(24)10-8-16/h2-10,15H,11-14H2,1H3,(H,25,28)/t15-/m1/s1. The molecular formula is C23H22FN3O2S2. The van der Waals surface area contributed by atoms with E-state index in [2.05, 4.69) is 12.2 Å². The molecule has 0 aliphatic carbocycles. The van der Waals surface area contributed by atoms with Crippen molar-refractivity contribution >= 4 is 29.4 Å². The van der Waals surface area contributed by atoms with Gasteiger partial charge in [-0.15, -0.1) is 11.8 Å². The Hall–Kier alpha value is -2.58. The minimum atomic E-state index is -0.308. The van der Waals surface area contributed by atoms with Crippen molar-refractivity contribution in [3.63, 3.8) is 0 Å². The number of carbonyl (C=O) groups excluding carboxylic acids is 1. The van der Waals surface area contributed by atoms with E-state index in [4.69, 9.17) is 4.98 Å². The lowest BCUT2D eigenvalue weighted by atomic mass is 10.2. The van der Waals surface area contributed by atoms with E-state index in [-0.39, 0.29) is 23.0 Å². The van der Waals surface area contributed by atoms with Crippen LogP contribution in [0.3, 0.4) is 0 Å². The molecule has 0 spiro atoms. The fraction of sp³-hybridized carbons (Fsp3) is 0.261. The first kappa shape index (κ1) is 21.6. The van der Waals surface area contributed by atoms with Crippen LogP contribution in [0, 0.1) is 5.82 Å². The summed E-state index contributed by atoms with van der Waals surface area (Å²) in [5, 5.41) is 3.70. The van der Waals surface area contributed by atoms with Gasteiger partial charge in [0.25, 0.3) is 5.56 Å². The van der Waals surface area contributed by atoms with E-state index in [1.165, 1.54) is 23.9 Å². The molecule has 0 saturated carbocycles. The zero-order chi connectivity index (χ0) is 21.8. The normalized spacial score (nSPS) is 15.0. The number of fused-ring (bicyclic) bond motifs is 1. The molecule has 160 valence electrons. The molecule has 0 unspecified atom stereocenters. The fourth-order valence-corrected chi connectivity index (χ4v) is 5.29. The number of carbonyl (C=O) groups is 1. The Labute approximate surface area is 188 Å². The van der Waals surface area contributed by atoms with Crippen LogP contribution < -0.4 is 10.9 Å². The van der Waals surface area contributed by atoms with Gasteiger partial charge in [0.1, 0.15) is 5.82 Å². The van der Waals surface area contributed by atoms with Crippen LogP contribution in [-0.4, -0.2) is 26.5 Å². The number of hydrogen-bond acceptors (Lipinski definition) is 5. The maximum Gasteiger partial charge on any atom is 0.268 e. The van der Waals surface area contributed by atoms with Gasteiger partial charge in [-0.1, -0.05) is 61.2 Å². The second kappa shape index (κ2) is 9.70. The quantitative estimate of drug-likeness (QED) is 0.433. The molecule has 1 N–H and O–H groups in total. The molecule has 2 heterocycles. The Balaban J connectivity index is 1.49. The Morgan fingerprint density at radius 2 is 1.94 bits per heavy atom. The third kappa shape index (κ3) is 5.37. The van der Waals surface area contributed by atoms with E-state index in [0.717, 1.165) is 23.2 Å². The van der Waals surface area contributed by atoms with Crippen molar-refractivity contribution < 1.29 is 9.18 Å². The van der Waals surface area contributed by atoms with Crippen LogP contribution in [0.1, 0.15) is 23.7 Å². The molecule has 1 aromatic heterocycles. The van der Waals surface area contributed by atoms with Gasteiger partial charge in [-0.2, -0.15) is 0 Å². The molecule has 1 aliphatic heterocycles. The van der Waals surface area contributed by atoms with Crippen LogP contribution in [0.25, 0.3) is 0 Å². The maximum atomic E-state index is 13.2. The second-order valence-electron chi connectivity index (χ2n) is 7.37. The van der Waals surface area contributed by atoms with Gasteiger partial charge in [0.05, 0.1) is 22.9 Å². The Bertz CT molecular complexity index is 1130. The van der Waals surface area contributed by atoms with Gasteiger partial charge < -0.3 is 5.32 Å². The summed E-state index contributed by atoms with van der Waals surface area (Å²) in [5.74, 6) is -0.334. The number of hydrogen-bond donors (Lipinski definition) is 1. The molecule has 0 bridgehead atoms. The van der Waals surface area contributed by atoms with Crippen LogP contribution >= 0.6 is 23.5 Å². The largest absolute Gasteiger partial charge is 0.351 e. The predicted molar refractivity (Wildman–Crippen MR) is 122 cm³/mol. The number of thioether (sulfide) groups is 2. The number of nitrogens with zero attached hydrogens (tertiary/aromatic N) is 2. The average molecular weight is 456 g/mol. The third-order valence-electron chi connectivity index (χ3n) is 4.88. The number of rotatable bonds is 7. The van der Waals surface area contributed by atoms with Gasteiger partial charge in [-0.3, -0.25) is 14.2 Å². The molecule has 1 atom stereocenters. The van der Waals surface area contributed by atoms with Crippen molar-refractivity contribution in [1.29, 1.82) is 0 Å². The molecule has 0 saturated heterocycles. The Morgan fingerprint density at radius 1 is 1.19 bits per heavy atom. The molecule has 4 rings (SSSR count). The van der Waals surface area contributed by atoms with Gasteiger partial charge in [-0.25, -0.2) is 9.37 Å². The van der Waals surface area contributed by atoms with Gasteiger partial charge in [-0.05, 0) is 23.3 Å². The maximum absolute atomic E-state index is 13.2. The summed E-state index contributed by atoms with van der Waals surface area (Å²) in [6, 6.07) is 15.8. The van der Waals surface area contributed by atoms with Crippen molar-refractivity contribution in [3.8, 4) is 0 Å². The van der Waals surface area contributed by atoms with Gasteiger partial charge >= 0.3 is 0 Å². The molecule has 1 aliphatic rings. The lowest BCUT2D eigenvalue weighted by Crippen LogP contribution is -2.28. The van der Waals surface area contributed by atoms with Gasteiger partial charge in [0.15, 0.2) is 5.16 Å². The number of nitrogens with one attached hydrogen (secondary N) is 1. The molecule has 3 aromatic rings. The molecule has 8 heteroatoms. The van der Waals surface area contributed by atoms with Crippen molar-refractivity contribution in [2.24, 2.45) is 0 Å². The second-order valence-corrected chi connectivity index (χ2v) is 9.76. The van der Waals surface area contributed by atoms with E-state index in [9.17, 15) is 14.0 Å². The van der Waals surface area contributed by atoms with Crippen LogP contribution in [0.5, 0.6) is 0 Å². The molecule has 0 radical (unpaired) electrons. The molecular weight excluding hydrogens is 433 g/mol. The van der Waals surface area contributed by atoms with Crippen molar-refractivity contribution in [3.05, 3.63) is 87.6 Å². The smallest absolute Gasteiger partial charge is 0.268 e. The van der Waals surface area contributed by atoms with E-state index < -0.39 is 0 Å². The SMILES string of the molecule is C[C@@H]1Cc2nc(SCC(=O)NCc3ccc(F)cc3)n(Cc3ccccc3)c(=O)c2S1. The number of benzene rings is 2. The fourth-order valence-electron chi connectivity index (χ4n) is 3.33. The zero-order valence-electron chi connectivity index (χ0n) is 17.0. The molecule has 5 nitrogen and oxygen atoms in total. The zero-order valence-corrected chi connectivity index (χ0v) is 18.6. The van der Waals surface area contributed by atoms with Crippen LogP contribution in [0.4, 0.5) is 4.39 Å². The minimum absolute atomic E-state index is 0.0441. The number of halogens is 1. The average Bonchev–Trinajstić information content (AvgIpc) is 3.15. The number of aromatic nitrogens is 2. The summed E-state index contributed by atoms with van der Waals surface area (Å²) in [4.78, 5) is 31.0. The highest BCUT2D eigenvalue weighted by atomic mass is 32.2. The van der Waals surface area contributed by atoms with E-state index in [1.54, 1.807) is 28.5 Å². The first-order valence-corrected chi connectivity index (χ1v) is 11.8. The highest BCUT2D eigenvalue weighted by Crippen LogP contribution is 2.34. The van der Waals surface area contributed by atoms with Crippen LogP contribution in [-0.2, 0) is 24.3 Å². The van der Waals surface area contributed by atoms with Crippen molar-refractivity contribution in [1.82, 2.24) is 14.9 Å².